The third-order valence-corrected chi connectivity index (χ3v) is 3.22. The molecule has 0 bridgehead atoms. The predicted molar refractivity (Wildman–Crippen MR) is 52.9 cm³/mol. The van der Waals surface area contributed by atoms with Crippen molar-refractivity contribution in [3.05, 3.63) is 21.3 Å². The normalized spacial score (nSPS) is 13.4. The van der Waals surface area contributed by atoms with E-state index in [-0.39, 0.29) is 0 Å². The fourth-order valence-electron chi connectivity index (χ4n) is 0.859. The van der Waals surface area contributed by atoms with Crippen LogP contribution in [-0.2, 0) is 6.42 Å². The Hall–Kier alpha value is 0.280. The molecule has 11 heavy (non-hydrogen) atoms. The first-order chi connectivity index (χ1) is 5.22. The fraction of sp³-hybridized carbons (Fsp3) is 0.500. The Morgan fingerprint density at radius 3 is 2.73 bits per heavy atom. The van der Waals surface area contributed by atoms with Gasteiger partial charge in [0.05, 0.1) is 4.34 Å². The molecular weight excluding hydrogens is 199 g/mol. The zero-order valence-corrected chi connectivity index (χ0v) is 8.64. The summed E-state index contributed by atoms with van der Waals surface area (Å²) in [6.07, 6.45) is 1.04. The first kappa shape index (κ1) is 9.37. The Morgan fingerprint density at radius 2 is 2.27 bits per heavy atom. The molecular formula is C8H10Cl2S. The molecule has 0 nitrogen and oxygen atoms in total. The highest BCUT2D eigenvalue weighted by Gasteiger charge is 2.03. The summed E-state index contributed by atoms with van der Waals surface area (Å²) in [5.41, 5.74) is 0. The standard InChI is InChI=1S/C8H10Cl2S/c1-6(5-9)4-7-2-3-8(10)11-7/h2-3,6H,4-5H2,1H3. The number of alkyl halides is 1. The molecule has 1 rings (SSSR count). The van der Waals surface area contributed by atoms with Crippen molar-refractivity contribution in [2.24, 2.45) is 5.92 Å². The third-order valence-electron chi connectivity index (χ3n) is 1.44. The molecule has 1 unspecified atom stereocenters. The van der Waals surface area contributed by atoms with Gasteiger partial charge in [-0.15, -0.1) is 22.9 Å². The molecule has 1 aromatic rings. The highest BCUT2D eigenvalue weighted by molar-refractivity contribution is 7.16. The van der Waals surface area contributed by atoms with Crippen molar-refractivity contribution in [3.63, 3.8) is 0 Å². The maximum absolute atomic E-state index is 5.77. The minimum Gasteiger partial charge on any atom is -0.128 e. The molecule has 1 heterocycles. The Balaban J connectivity index is 2.50. The van der Waals surface area contributed by atoms with Crippen molar-refractivity contribution in [1.29, 1.82) is 0 Å². The van der Waals surface area contributed by atoms with Crippen LogP contribution in [0.1, 0.15) is 11.8 Å². The maximum atomic E-state index is 5.77. The van der Waals surface area contributed by atoms with Crippen LogP contribution < -0.4 is 0 Å². The van der Waals surface area contributed by atoms with Crippen molar-refractivity contribution < 1.29 is 0 Å². The molecule has 1 aromatic heterocycles. The first-order valence-corrected chi connectivity index (χ1v) is 5.25. The monoisotopic (exact) mass is 208 g/mol. The summed E-state index contributed by atoms with van der Waals surface area (Å²) in [6.45, 7) is 2.14. The molecule has 0 aliphatic rings. The number of hydrogen-bond acceptors (Lipinski definition) is 1. The van der Waals surface area contributed by atoms with Gasteiger partial charge in [-0.2, -0.15) is 0 Å². The van der Waals surface area contributed by atoms with Gasteiger partial charge in [0.15, 0.2) is 0 Å². The average molecular weight is 209 g/mol. The highest BCUT2D eigenvalue weighted by atomic mass is 35.5. The molecule has 62 valence electrons. The van der Waals surface area contributed by atoms with Crippen molar-refractivity contribution >= 4 is 34.5 Å². The molecule has 0 amide bonds. The van der Waals surface area contributed by atoms with Crippen LogP contribution in [0, 0.1) is 5.92 Å². The lowest BCUT2D eigenvalue weighted by Crippen LogP contribution is -1.98. The van der Waals surface area contributed by atoms with E-state index in [9.17, 15) is 0 Å². The third kappa shape index (κ3) is 3.02. The highest BCUT2D eigenvalue weighted by Crippen LogP contribution is 2.23. The number of thiophene rings is 1. The summed E-state index contributed by atoms with van der Waals surface area (Å²) in [5, 5.41) is 0. The van der Waals surface area contributed by atoms with E-state index in [0.717, 1.165) is 16.6 Å². The molecule has 0 saturated heterocycles. The van der Waals surface area contributed by atoms with Crippen LogP contribution in [0.5, 0.6) is 0 Å². The first-order valence-electron chi connectivity index (χ1n) is 3.52. The Kier molecular flexibility index (Phi) is 3.70. The van der Waals surface area contributed by atoms with E-state index in [1.165, 1.54) is 4.88 Å². The van der Waals surface area contributed by atoms with Gasteiger partial charge in [-0.25, -0.2) is 0 Å². The minimum absolute atomic E-state index is 0.548. The zero-order chi connectivity index (χ0) is 8.27. The van der Waals surface area contributed by atoms with Gasteiger partial charge < -0.3 is 0 Å². The molecule has 0 fully saturated rings. The molecule has 0 N–H and O–H groups in total. The lowest BCUT2D eigenvalue weighted by atomic mass is 10.1. The van der Waals surface area contributed by atoms with E-state index in [2.05, 4.69) is 13.0 Å². The largest absolute Gasteiger partial charge is 0.128 e. The van der Waals surface area contributed by atoms with Gasteiger partial charge in [-0.1, -0.05) is 18.5 Å². The summed E-state index contributed by atoms with van der Waals surface area (Å²) < 4.78 is 0.863. The quantitative estimate of drug-likeness (QED) is 0.664. The molecule has 0 aliphatic heterocycles. The molecule has 0 spiro atoms. The van der Waals surface area contributed by atoms with Crippen molar-refractivity contribution in [3.8, 4) is 0 Å². The summed E-state index contributed by atoms with van der Waals surface area (Å²) in [4.78, 5) is 1.32. The Labute approximate surface area is 81.1 Å². The van der Waals surface area contributed by atoms with E-state index in [1.54, 1.807) is 11.3 Å². The van der Waals surface area contributed by atoms with E-state index >= 15 is 0 Å². The van der Waals surface area contributed by atoms with Gasteiger partial charge in [0, 0.05) is 10.8 Å². The van der Waals surface area contributed by atoms with Crippen LogP contribution in [0.4, 0.5) is 0 Å². The van der Waals surface area contributed by atoms with Crippen molar-refractivity contribution in [1.82, 2.24) is 0 Å². The van der Waals surface area contributed by atoms with Gasteiger partial charge in [-0.3, -0.25) is 0 Å². The Bertz CT molecular complexity index is 220. The molecule has 3 heteroatoms. The maximum Gasteiger partial charge on any atom is 0.0931 e. The number of rotatable bonds is 3. The fourth-order valence-corrected chi connectivity index (χ4v) is 2.22. The lowest BCUT2D eigenvalue weighted by molar-refractivity contribution is 0.662. The zero-order valence-electron chi connectivity index (χ0n) is 6.31. The average Bonchev–Trinajstić information content (AvgIpc) is 2.35. The molecule has 1 atom stereocenters. The summed E-state index contributed by atoms with van der Waals surface area (Å²) in [7, 11) is 0. The van der Waals surface area contributed by atoms with Crippen molar-refractivity contribution in [2.75, 3.05) is 5.88 Å². The van der Waals surface area contributed by atoms with Crippen LogP contribution in [-0.4, -0.2) is 5.88 Å². The molecule has 0 saturated carbocycles. The molecule has 0 radical (unpaired) electrons. The Morgan fingerprint density at radius 1 is 1.55 bits per heavy atom. The van der Waals surface area contributed by atoms with Gasteiger partial charge in [0.25, 0.3) is 0 Å². The molecule has 0 aromatic carbocycles. The summed E-state index contributed by atoms with van der Waals surface area (Å²) >= 11 is 13.1. The van der Waals surface area contributed by atoms with Gasteiger partial charge in [0.2, 0.25) is 0 Å². The van der Waals surface area contributed by atoms with E-state index in [4.69, 9.17) is 23.2 Å². The van der Waals surface area contributed by atoms with E-state index < -0.39 is 0 Å². The SMILES string of the molecule is CC(CCl)Cc1ccc(Cl)s1. The summed E-state index contributed by atoms with van der Waals surface area (Å²) in [5.74, 6) is 1.27. The van der Waals surface area contributed by atoms with Gasteiger partial charge in [-0.05, 0) is 24.5 Å². The number of halogens is 2. The van der Waals surface area contributed by atoms with Crippen LogP contribution >= 0.6 is 34.5 Å². The van der Waals surface area contributed by atoms with Crippen LogP contribution in [0.25, 0.3) is 0 Å². The number of hydrogen-bond donors (Lipinski definition) is 0. The van der Waals surface area contributed by atoms with E-state index in [0.29, 0.717) is 5.92 Å². The van der Waals surface area contributed by atoms with Gasteiger partial charge >= 0.3 is 0 Å². The van der Waals surface area contributed by atoms with Crippen LogP contribution in [0.15, 0.2) is 12.1 Å². The van der Waals surface area contributed by atoms with Crippen LogP contribution in [0.3, 0.4) is 0 Å². The van der Waals surface area contributed by atoms with Gasteiger partial charge in [0.1, 0.15) is 0 Å². The van der Waals surface area contributed by atoms with E-state index in [1.807, 2.05) is 6.07 Å². The molecule has 0 aliphatic carbocycles. The second-order valence-electron chi connectivity index (χ2n) is 2.67. The summed E-state index contributed by atoms with van der Waals surface area (Å²) in [6, 6.07) is 4.00. The van der Waals surface area contributed by atoms with Crippen molar-refractivity contribution in [2.45, 2.75) is 13.3 Å². The smallest absolute Gasteiger partial charge is 0.0931 e. The second kappa shape index (κ2) is 4.34. The predicted octanol–water partition coefficient (Wildman–Crippen LogP) is 3.82. The second-order valence-corrected chi connectivity index (χ2v) is 4.78. The minimum atomic E-state index is 0.548. The van der Waals surface area contributed by atoms with Crippen LogP contribution in [0.2, 0.25) is 4.34 Å². The lowest BCUT2D eigenvalue weighted by Gasteiger charge is -2.02. The topological polar surface area (TPSA) is 0 Å².